The number of phenolic OH excluding ortho intramolecular Hbond substituents is 1. The van der Waals surface area contributed by atoms with E-state index in [4.69, 9.17) is 0 Å². The van der Waals surface area contributed by atoms with E-state index in [9.17, 15) is 5.11 Å². The third-order valence-corrected chi connectivity index (χ3v) is 7.25. The Morgan fingerprint density at radius 1 is 0.686 bits per heavy atom. The highest BCUT2D eigenvalue weighted by Crippen LogP contribution is 2.35. The van der Waals surface area contributed by atoms with Crippen molar-refractivity contribution in [2.24, 2.45) is 0 Å². The van der Waals surface area contributed by atoms with E-state index in [0.29, 0.717) is 5.75 Å². The van der Waals surface area contributed by atoms with Crippen molar-refractivity contribution in [1.82, 2.24) is 9.80 Å². The zero-order valence-electron chi connectivity index (χ0n) is 22.4. The Labute approximate surface area is 212 Å². The number of phenols is 1. The molecule has 0 radical (unpaired) electrons. The predicted molar refractivity (Wildman–Crippen MR) is 147 cm³/mol. The summed E-state index contributed by atoms with van der Waals surface area (Å²) in [6.45, 7) is 18.8. The van der Waals surface area contributed by atoms with Crippen molar-refractivity contribution < 1.29 is 5.11 Å². The van der Waals surface area contributed by atoms with Crippen molar-refractivity contribution in [3.63, 3.8) is 0 Å². The lowest BCUT2D eigenvalue weighted by molar-refractivity contribution is 0.105. The van der Waals surface area contributed by atoms with Crippen LogP contribution in [-0.2, 0) is 17.4 Å². The molecule has 3 aromatic carbocycles. The van der Waals surface area contributed by atoms with E-state index in [-0.39, 0.29) is 16.9 Å². The lowest BCUT2D eigenvalue weighted by Crippen LogP contribution is -2.47. The van der Waals surface area contributed by atoms with Gasteiger partial charge in [-0.3, -0.25) is 9.80 Å². The van der Waals surface area contributed by atoms with Gasteiger partial charge in [-0.1, -0.05) is 102 Å². The third-order valence-electron chi connectivity index (χ3n) is 7.25. The molecular weight excluding hydrogens is 428 g/mol. The molecule has 1 aliphatic heterocycles. The maximum atomic E-state index is 9.59. The standard InChI is InChI=1S/C32H42N2O/c1-31(2,3)27-11-7-9-25(21-27)30(26-10-8-12-28(22-26)32(4,5)6)34-19-17-33(18-20-34)23-24-13-15-29(35)16-14-24/h7-16,21-22,30,35H,17-20,23H2,1-6H3. The molecule has 0 atom stereocenters. The molecule has 0 aromatic heterocycles. The second kappa shape index (κ2) is 10.2. The fourth-order valence-electron chi connectivity index (χ4n) is 5.00. The summed E-state index contributed by atoms with van der Waals surface area (Å²) >= 11 is 0. The molecule has 0 unspecified atom stereocenters. The smallest absolute Gasteiger partial charge is 0.115 e. The van der Waals surface area contributed by atoms with E-state index < -0.39 is 0 Å². The average Bonchev–Trinajstić information content (AvgIpc) is 2.81. The van der Waals surface area contributed by atoms with Crippen LogP contribution in [0.25, 0.3) is 0 Å². The van der Waals surface area contributed by atoms with Crippen molar-refractivity contribution in [2.75, 3.05) is 26.2 Å². The van der Waals surface area contributed by atoms with Crippen LogP contribution in [0.1, 0.15) is 75.4 Å². The van der Waals surface area contributed by atoms with Crippen molar-refractivity contribution in [3.05, 3.63) is 101 Å². The van der Waals surface area contributed by atoms with Crippen LogP contribution in [0.4, 0.5) is 0 Å². The molecule has 35 heavy (non-hydrogen) atoms. The Kier molecular flexibility index (Phi) is 7.40. The first-order valence-corrected chi connectivity index (χ1v) is 13.0. The molecule has 3 nitrogen and oxygen atoms in total. The third kappa shape index (κ3) is 6.34. The van der Waals surface area contributed by atoms with Crippen LogP contribution in [0.5, 0.6) is 5.75 Å². The zero-order chi connectivity index (χ0) is 25.2. The van der Waals surface area contributed by atoms with Gasteiger partial charge in [-0.05, 0) is 50.8 Å². The van der Waals surface area contributed by atoms with Gasteiger partial charge >= 0.3 is 0 Å². The summed E-state index contributed by atoms with van der Waals surface area (Å²) in [5, 5.41) is 9.59. The molecule has 1 aliphatic rings. The number of benzene rings is 3. The molecule has 0 bridgehead atoms. The van der Waals surface area contributed by atoms with Crippen LogP contribution in [0.15, 0.2) is 72.8 Å². The van der Waals surface area contributed by atoms with Crippen LogP contribution in [0, 0.1) is 0 Å². The van der Waals surface area contributed by atoms with E-state index in [1.54, 1.807) is 12.1 Å². The molecule has 3 aromatic rings. The quantitative estimate of drug-likeness (QED) is 0.440. The Balaban J connectivity index is 1.61. The minimum atomic E-state index is 0.122. The molecule has 186 valence electrons. The van der Waals surface area contributed by atoms with Gasteiger partial charge in [0.25, 0.3) is 0 Å². The SMILES string of the molecule is CC(C)(C)c1cccc(C(c2cccc(C(C)(C)C)c2)N2CCN(Cc3ccc(O)cc3)CC2)c1. The summed E-state index contributed by atoms with van der Waals surface area (Å²) in [6.07, 6.45) is 0. The van der Waals surface area contributed by atoms with Crippen LogP contribution in [0.3, 0.4) is 0 Å². The fourth-order valence-corrected chi connectivity index (χ4v) is 5.00. The highest BCUT2D eigenvalue weighted by atomic mass is 16.3. The van der Waals surface area contributed by atoms with Gasteiger partial charge in [0, 0.05) is 32.7 Å². The van der Waals surface area contributed by atoms with Crippen molar-refractivity contribution in [2.45, 2.75) is 65.0 Å². The zero-order valence-corrected chi connectivity index (χ0v) is 22.4. The number of rotatable bonds is 5. The Morgan fingerprint density at radius 2 is 1.17 bits per heavy atom. The van der Waals surface area contributed by atoms with E-state index in [2.05, 4.69) is 99.9 Å². The lowest BCUT2D eigenvalue weighted by atomic mass is 9.82. The maximum Gasteiger partial charge on any atom is 0.115 e. The van der Waals surface area contributed by atoms with E-state index in [1.165, 1.54) is 27.8 Å². The van der Waals surface area contributed by atoms with Gasteiger partial charge in [0.05, 0.1) is 6.04 Å². The van der Waals surface area contributed by atoms with E-state index in [0.717, 1.165) is 32.7 Å². The summed E-state index contributed by atoms with van der Waals surface area (Å²) in [5.74, 6) is 0.330. The molecule has 0 saturated carbocycles. The van der Waals surface area contributed by atoms with E-state index >= 15 is 0 Å². The van der Waals surface area contributed by atoms with Crippen molar-refractivity contribution in [3.8, 4) is 5.75 Å². The predicted octanol–water partition coefficient (Wildman–Crippen LogP) is 6.89. The fraction of sp³-hybridized carbons (Fsp3) is 0.438. The second-order valence-corrected chi connectivity index (χ2v) is 12.1. The number of hydrogen-bond acceptors (Lipinski definition) is 3. The van der Waals surface area contributed by atoms with Gasteiger partial charge in [-0.25, -0.2) is 0 Å². The summed E-state index contributed by atoms with van der Waals surface area (Å²) in [4.78, 5) is 5.19. The molecule has 1 N–H and O–H groups in total. The average molecular weight is 471 g/mol. The normalized spacial score (nSPS) is 16.1. The van der Waals surface area contributed by atoms with E-state index in [1.807, 2.05) is 12.1 Å². The summed E-state index contributed by atoms with van der Waals surface area (Å²) in [7, 11) is 0. The van der Waals surface area contributed by atoms with Gasteiger partial charge < -0.3 is 5.11 Å². The number of aromatic hydroxyl groups is 1. The molecule has 1 heterocycles. The number of hydrogen-bond donors (Lipinski definition) is 1. The molecule has 0 amide bonds. The van der Waals surface area contributed by atoms with Crippen LogP contribution >= 0.6 is 0 Å². The Bertz CT molecular complexity index is 1060. The van der Waals surface area contributed by atoms with Crippen LogP contribution in [-0.4, -0.2) is 41.1 Å². The molecule has 0 spiro atoms. The minimum absolute atomic E-state index is 0.122. The first kappa shape index (κ1) is 25.5. The van der Waals surface area contributed by atoms with Crippen molar-refractivity contribution >= 4 is 0 Å². The molecule has 1 fully saturated rings. The minimum Gasteiger partial charge on any atom is -0.508 e. The topological polar surface area (TPSA) is 26.7 Å². The lowest BCUT2D eigenvalue weighted by Gasteiger charge is -2.40. The summed E-state index contributed by atoms with van der Waals surface area (Å²) < 4.78 is 0. The maximum absolute atomic E-state index is 9.59. The first-order valence-electron chi connectivity index (χ1n) is 13.0. The Hall–Kier alpha value is -2.62. The summed E-state index contributed by atoms with van der Waals surface area (Å²) in [6, 6.07) is 26.3. The number of piperazine rings is 1. The molecular formula is C32H42N2O. The summed E-state index contributed by atoms with van der Waals surface area (Å²) in [5.41, 5.74) is 7.04. The number of nitrogens with zero attached hydrogens (tertiary/aromatic N) is 2. The van der Waals surface area contributed by atoms with Crippen molar-refractivity contribution in [1.29, 1.82) is 0 Å². The largest absolute Gasteiger partial charge is 0.508 e. The molecule has 0 aliphatic carbocycles. The molecule has 1 saturated heterocycles. The van der Waals surface area contributed by atoms with Gasteiger partial charge in [-0.15, -0.1) is 0 Å². The van der Waals surface area contributed by atoms with Gasteiger partial charge in [0.15, 0.2) is 0 Å². The van der Waals surface area contributed by atoms with Gasteiger partial charge in [0.1, 0.15) is 5.75 Å². The highest BCUT2D eigenvalue weighted by molar-refractivity contribution is 5.39. The Morgan fingerprint density at radius 3 is 1.63 bits per heavy atom. The van der Waals surface area contributed by atoms with Crippen LogP contribution < -0.4 is 0 Å². The monoisotopic (exact) mass is 470 g/mol. The van der Waals surface area contributed by atoms with Gasteiger partial charge in [-0.2, -0.15) is 0 Å². The molecule has 3 heteroatoms. The second-order valence-electron chi connectivity index (χ2n) is 12.1. The molecule has 4 rings (SSSR count). The highest BCUT2D eigenvalue weighted by Gasteiger charge is 2.28. The van der Waals surface area contributed by atoms with Crippen LogP contribution in [0.2, 0.25) is 0 Å². The van der Waals surface area contributed by atoms with Gasteiger partial charge in [0.2, 0.25) is 0 Å². The first-order chi connectivity index (χ1) is 16.5.